The summed E-state index contributed by atoms with van der Waals surface area (Å²) in [7, 11) is 0. The van der Waals surface area contributed by atoms with Crippen LogP contribution in [0, 0.1) is 5.92 Å². The number of rotatable bonds is 6. The van der Waals surface area contributed by atoms with Crippen molar-refractivity contribution < 1.29 is 19.4 Å². The summed E-state index contributed by atoms with van der Waals surface area (Å²) in [6.07, 6.45) is 1.56. The molecule has 1 fully saturated rings. The molecule has 0 radical (unpaired) electrons. The fourth-order valence-electron chi connectivity index (χ4n) is 3.66. The number of fused-ring (bicyclic) bond motifs is 3. The van der Waals surface area contributed by atoms with Crippen LogP contribution in [0.3, 0.4) is 0 Å². The number of nitrogens with zero attached hydrogens (tertiary/aromatic N) is 1. The first kappa shape index (κ1) is 16.6. The molecule has 0 aliphatic heterocycles. The average molecular weight is 351 g/mol. The van der Waals surface area contributed by atoms with Gasteiger partial charge in [0.2, 0.25) is 0 Å². The molecular weight excluding hydrogens is 330 g/mol. The first-order chi connectivity index (χ1) is 12.6. The summed E-state index contributed by atoms with van der Waals surface area (Å²) >= 11 is 0. The Morgan fingerprint density at radius 2 is 1.58 bits per heavy atom. The van der Waals surface area contributed by atoms with Gasteiger partial charge in [-0.3, -0.25) is 9.69 Å². The van der Waals surface area contributed by atoms with E-state index in [1.54, 1.807) is 0 Å². The van der Waals surface area contributed by atoms with Crippen molar-refractivity contribution in [3.05, 3.63) is 59.7 Å². The van der Waals surface area contributed by atoms with Crippen LogP contribution in [0.4, 0.5) is 4.79 Å². The van der Waals surface area contributed by atoms with Crippen molar-refractivity contribution in [2.45, 2.75) is 18.8 Å². The van der Waals surface area contributed by atoms with Crippen LogP contribution in [0.5, 0.6) is 0 Å². The molecule has 1 amide bonds. The number of amides is 1. The zero-order chi connectivity index (χ0) is 18.1. The minimum atomic E-state index is -1.01. The number of benzene rings is 2. The van der Waals surface area contributed by atoms with Crippen molar-refractivity contribution in [2.75, 3.05) is 19.7 Å². The van der Waals surface area contributed by atoms with Crippen molar-refractivity contribution in [3.8, 4) is 11.1 Å². The third-order valence-electron chi connectivity index (χ3n) is 5.10. The highest BCUT2D eigenvalue weighted by Gasteiger charge is 2.32. The van der Waals surface area contributed by atoms with Crippen LogP contribution < -0.4 is 0 Å². The highest BCUT2D eigenvalue weighted by atomic mass is 16.6. The lowest BCUT2D eigenvalue weighted by atomic mass is 9.98. The monoisotopic (exact) mass is 351 g/mol. The Kier molecular flexibility index (Phi) is 4.37. The van der Waals surface area contributed by atoms with Crippen molar-refractivity contribution >= 4 is 12.1 Å². The van der Waals surface area contributed by atoms with Gasteiger partial charge < -0.3 is 9.84 Å². The van der Waals surface area contributed by atoms with E-state index in [0.29, 0.717) is 12.5 Å². The van der Waals surface area contributed by atoms with Crippen LogP contribution in [0.1, 0.15) is 29.9 Å². The lowest BCUT2D eigenvalue weighted by Crippen LogP contribution is -2.38. The summed E-state index contributed by atoms with van der Waals surface area (Å²) in [5, 5.41) is 9.06. The molecule has 0 bridgehead atoms. The number of carboxylic acids is 1. The molecule has 0 unspecified atom stereocenters. The average Bonchev–Trinajstić information content (AvgIpc) is 3.40. The van der Waals surface area contributed by atoms with Crippen molar-refractivity contribution in [1.29, 1.82) is 0 Å². The van der Waals surface area contributed by atoms with E-state index in [4.69, 9.17) is 9.84 Å². The van der Waals surface area contributed by atoms with E-state index < -0.39 is 12.1 Å². The molecule has 26 heavy (non-hydrogen) atoms. The molecule has 0 spiro atoms. The van der Waals surface area contributed by atoms with Crippen LogP contribution in [0.25, 0.3) is 11.1 Å². The Morgan fingerprint density at radius 3 is 2.12 bits per heavy atom. The summed E-state index contributed by atoms with van der Waals surface area (Å²) < 4.78 is 5.56. The number of aliphatic carboxylic acids is 1. The number of hydrogen-bond acceptors (Lipinski definition) is 3. The van der Waals surface area contributed by atoms with Crippen LogP contribution >= 0.6 is 0 Å². The predicted molar refractivity (Wildman–Crippen MR) is 97.0 cm³/mol. The van der Waals surface area contributed by atoms with Gasteiger partial charge in [0.1, 0.15) is 13.2 Å². The molecule has 0 saturated heterocycles. The van der Waals surface area contributed by atoms with E-state index in [1.165, 1.54) is 16.0 Å². The highest BCUT2D eigenvalue weighted by molar-refractivity contribution is 5.79. The second-order valence-electron chi connectivity index (χ2n) is 7.02. The summed E-state index contributed by atoms with van der Waals surface area (Å²) in [5.74, 6) is -0.618. The van der Waals surface area contributed by atoms with Gasteiger partial charge in [0.25, 0.3) is 0 Å². The minimum absolute atomic E-state index is 0.0149. The van der Waals surface area contributed by atoms with Gasteiger partial charge in [0, 0.05) is 12.5 Å². The Balaban J connectivity index is 1.50. The molecule has 0 aromatic heterocycles. The molecule has 2 aromatic rings. The largest absolute Gasteiger partial charge is 0.480 e. The van der Waals surface area contributed by atoms with E-state index in [1.807, 2.05) is 24.3 Å². The van der Waals surface area contributed by atoms with Gasteiger partial charge in [-0.2, -0.15) is 0 Å². The minimum Gasteiger partial charge on any atom is -0.480 e. The van der Waals surface area contributed by atoms with Crippen LogP contribution in [0.2, 0.25) is 0 Å². The Bertz CT molecular complexity index is 798. The Hall–Kier alpha value is -2.82. The smallest absolute Gasteiger partial charge is 0.410 e. The number of ether oxygens (including phenoxy) is 1. The molecule has 0 heterocycles. The molecule has 4 rings (SSSR count). The number of carbonyl (C=O) groups excluding carboxylic acids is 1. The maximum absolute atomic E-state index is 12.5. The van der Waals surface area contributed by atoms with Gasteiger partial charge in [0.05, 0.1) is 0 Å². The van der Waals surface area contributed by atoms with Crippen molar-refractivity contribution in [3.63, 3.8) is 0 Å². The van der Waals surface area contributed by atoms with E-state index >= 15 is 0 Å². The number of carbonyl (C=O) groups is 2. The summed E-state index contributed by atoms with van der Waals surface area (Å²) in [5.41, 5.74) is 4.64. The van der Waals surface area contributed by atoms with Crippen LogP contribution in [0.15, 0.2) is 48.5 Å². The molecule has 0 atom stereocenters. The Morgan fingerprint density at radius 1 is 1.00 bits per heavy atom. The topological polar surface area (TPSA) is 66.8 Å². The summed E-state index contributed by atoms with van der Waals surface area (Å²) in [6.45, 7) is 0.365. The molecule has 2 aliphatic carbocycles. The molecular formula is C21H21NO4. The van der Waals surface area contributed by atoms with Gasteiger partial charge in [-0.25, -0.2) is 4.79 Å². The van der Waals surface area contributed by atoms with Crippen molar-refractivity contribution in [2.24, 2.45) is 5.92 Å². The SMILES string of the molecule is O=C(O)CN(CC1CC1)C(=O)OCC1c2ccccc2-c2ccccc21. The summed E-state index contributed by atoms with van der Waals surface area (Å²) in [4.78, 5) is 24.8. The van der Waals surface area contributed by atoms with Gasteiger partial charge in [-0.1, -0.05) is 48.5 Å². The van der Waals surface area contributed by atoms with Crippen molar-refractivity contribution in [1.82, 2.24) is 4.90 Å². The zero-order valence-corrected chi connectivity index (χ0v) is 14.4. The zero-order valence-electron chi connectivity index (χ0n) is 14.4. The molecule has 1 N–H and O–H groups in total. The molecule has 1 saturated carbocycles. The normalized spacial score (nSPS) is 15.2. The molecule has 2 aromatic carbocycles. The standard InChI is InChI=1S/C21H21NO4/c23-20(24)12-22(11-14-9-10-14)21(25)26-13-19-17-7-3-1-5-15(17)16-6-2-4-8-18(16)19/h1-8,14,19H,9-13H2,(H,23,24). The number of hydrogen-bond donors (Lipinski definition) is 1. The molecule has 2 aliphatic rings. The molecule has 5 nitrogen and oxygen atoms in total. The predicted octanol–water partition coefficient (Wildman–Crippen LogP) is 3.73. The quantitative estimate of drug-likeness (QED) is 0.861. The maximum atomic E-state index is 12.5. The molecule has 134 valence electrons. The fourth-order valence-corrected chi connectivity index (χ4v) is 3.66. The van der Waals surface area contributed by atoms with E-state index in [-0.39, 0.29) is 19.1 Å². The number of carboxylic acid groups (broad SMARTS) is 1. The Labute approximate surface area is 152 Å². The highest BCUT2D eigenvalue weighted by Crippen LogP contribution is 2.44. The van der Waals surface area contributed by atoms with Gasteiger partial charge in [-0.15, -0.1) is 0 Å². The second kappa shape index (κ2) is 6.83. The fraction of sp³-hybridized carbons (Fsp3) is 0.333. The van der Waals surface area contributed by atoms with E-state index in [0.717, 1.165) is 24.0 Å². The van der Waals surface area contributed by atoms with Gasteiger partial charge in [-0.05, 0) is 41.0 Å². The third kappa shape index (κ3) is 3.29. The maximum Gasteiger partial charge on any atom is 0.410 e. The van der Waals surface area contributed by atoms with Gasteiger partial charge >= 0.3 is 12.1 Å². The lowest BCUT2D eigenvalue weighted by molar-refractivity contribution is -0.138. The summed E-state index contributed by atoms with van der Waals surface area (Å²) in [6, 6.07) is 16.3. The second-order valence-corrected chi connectivity index (χ2v) is 7.02. The lowest BCUT2D eigenvalue weighted by Gasteiger charge is -2.22. The van der Waals surface area contributed by atoms with E-state index in [9.17, 15) is 9.59 Å². The van der Waals surface area contributed by atoms with E-state index in [2.05, 4.69) is 24.3 Å². The molecule has 5 heteroatoms. The van der Waals surface area contributed by atoms with Gasteiger partial charge in [0.15, 0.2) is 0 Å². The van der Waals surface area contributed by atoms with Crippen LogP contribution in [-0.4, -0.2) is 41.8 Å². The first-order valence-corrected chi connectivity index (χ1v) is 8.95. The van der Waals surface area contributed by atoms with Crippen LogP contribution in [-0.2, 0) is 9.53 Å². The first-order valence-electron chi connectivity index (χ1n) is 8.95. The third-order valence-corrected chi connectivity index (χ3v) is 5.10.